The largest absolute Gasteiger partial charge is 0.392 e. The number of aliphatic hydroxyl groups excluding tert-OH is 1. The second kappa shape index (κ2) is 8.31. The normalized spacial score (nSPS) is 30.7. The third-order valence-electron chi connectivity index (χ3n) is 7.04. The molecule has 3 fully saturated rings. The number of carbonyl (C=O) groups is 1. The first-order valence-electron chi connectivity index (χ1n) is 10.8. The molecule has 0 aromatic carbocycles. The van der Waals surface area contributed by atoms with Gasteiger partial charge in [-0.25, -0.2) is 0 Å². The van der Waals surface area contributed by atoms with E-state index in [0.717, 1.165) is 71.4 Å². The Morgan fingerprint density at radius 1 is 1.07 bits per heavy atom. The van der Waals surface area contributed by atoms with Crippen molar-refractivity contribution in [1.29, 1.82) is 0 Å². The Hall–Kier alpha value is -1.40. The van der Waals surface area contributed by atoms with Crippen LogP contribution in [0, 0.1) is 11.3 Å². The van der Waals surface area contributed by atoms with Crippen LogP contribution in [0.15, 0.2) is 18.5 Å². The van der Waals surface area contributed by atoms with Gasteiger partial charge in [0.15, 0.2) is 0 Å². The standard InChI is InChI=1S/C21H34N4O2/c26-19-8-13-23(14-15-25-12-5-10-22-25)16-21(19)9-4-11-24(17-21)20(27)18-6-2-1-3-7-18/h5,10,12,18-19,26H,1-4,6-9,11,13-17H2/t19-,21-/m1/s1. The molecule has 4 rings (SSSR count). The molecule has 6 heteroatoms. The van der Waals surface area contributed by atoms with Crippen molar-refractivity contribution in [3.05, 3.63) is 18.5 Å². The lowest BCUT2D eigenvalue weighted by Gasteiger charge is -2.51. The summed E-state index contributed by atoms with van der Waals surface area (Å²) in [6, 6.07) is 1.96. The zero-order valence-electron chi connectivity index (χ0n) is 16.4. The minimum atomic E-state index is -0.291. The van der Waals surface area contributed by atoms with Crippen molar-refractivity contribution >= 4 is 5.91 Å². The summed E-state index contributed by atoms with van der Waals surface area (Å²) in [6.07, 6.45) is 12.2. The third-order valence-corrected chi connectivity index (χ3v) is 7.04. The van der Waals surface area contributed by atoms with Crippen LogP contribution in [0.3, 0.4) is 0 Å². The predicted octanol–water partition coefficient (Wildman–Crippen LogP) is 2.14. The summed E-state index contributed by atoms with van der Waals surface area (Å²) < 4.78 is 1.97. The van der Waals surface area contributed by atoms with Gasteiger partial charge < -0.3 is 14.9 Å². The highest BCUT2D eigenvalue weighted by Crippen LogP contribution is 2.39. The Morgan fingerprint density at radius 2 is 1.93 bits per heavy atom. The van der Waals surface area contributed by atoms with Crippen molar-refractivity contribution in [2.45, 2.75) is 64.0 Å². The Labute approximate surface area is 162 Å². The zero-order valence-corrected chi connectivity index (χ0v) is 16.4. The van der Waals surface area contributed by atoms with Crippen LogP contribution in [0.5, 0.6) is 0 Å². The molecular formula is C21H34N4O2. The SMILES string of the molecule is O=C(C1CCCCC1)N1CCC[C@@]2(CN(CCn3cccn3)CC[C@H]2O)C1. The average Bonchev–Trinajstić information content (AvgIpc) is 3.23. The molecule has 0 radical (unpaired) electrons. The molecule has 1 amide bonds. The van der Waals surface area contributed by atoms with Gasteiger partial charge in [0.1, 0.15) is 0 Å². The quantitative estimate of drug-likeness (QED) is 0.877. The van der Waals surface area contributed by atoms with Crippen LogP contribution in [0.2, 0.25) is 0 Å². The lowest BCUT2D eigenvalue weighted by Crippen LogP contribution is -2.60. The number of nitrogens with zero attached hydrogens (tertiary/aromatic N) is 4. The molecule has 150 valence electrons. The van der Waals surface area contributed by atoms with E-state index < -0.39 is 0 Å². The second-order valence-corrected chi connectivity index (χ2v) is 8.91. The molecule has 1 N–H and O–H groups in total. The van der Waals surface area contributed by atoms with E-state index in [4.69, 9.17) is 0 Å². The maximum Gasteiger partial charge on any atom is 0.225 e. The molecule has 3 heterocycles. The van der Waals surface area contributed by atoms with Gasteiger partial charge in [0.05, 0.1) is 12.6 Å². The van der Waals surface area contributed by atoms with Crippen molar-refractivity contribution < 1.29 is 9.90 Å². The van der Waals surface area contributed by atoms with Gasteiger partial charge in [0.25, 0.3) is 0 Å². The Kier molecular flexibility index (Phi) is 5.83. The summed E-state index contributed by atoms with van der Waals surface area (Å²) in [5.41, 5.74) is -0.148. The maximum atomic E-state index is 13.1. The van der Waals surface area contributed by atoms with Crippen LogP contribution in [-0.2, 0) is 11.3 Å². The van der Waals surface area contributed by atoms with Crippen LogP contribution < -0.4 is 0 Å². The van der Waals surface area contributed by atoms with Gasteiger partial charge in [-0.2, -0.15) is 5.10 Å². The average molecular weight is 375 g/mol. The summed E-state index contributed by atoms with van der Waals surface area (Å²) in [7, 11) is 0. The van der Waals surface area contributed by atoms with Crippen molar-refractivity contribution in [2.75, 3.05) is 32.7 Å². The highest BCUT2D eigenvalue weighted by Gasteiger charge is 2.46. The first-order chi connectivity index (χ1) is 13.2. The Bertz CT molecular complexity index is 614. The van der Waals surface area contributed by atoms with Crippen molar-refractivity contribution in [2.24, 2.45) is 11.3 Å². The van der Waals surface area contributed by atoms with Crippen LogP contribution in [0.1, 0.15) is 51.4 Å². The minimum Gasteiger partial charge on any atom is -0.392 e. The van der Waals surface area contributed by atoms with Gasteiger partial charge in [0, 0.05) is 56.5 Å². The van der Waals surface area contributed by atoms with Crippen molar-refractivity contribution in [3.8, 4) is 0 Å². The van der Waals surface area contributed by atoms with E-state index >= 15 is 0 Å². The summed E-state index contributed by atoms with van der Waals surface area (Å²) in [5.74, 6) is 0.584. The van der Waals surface area contributed by atoms with Crippen molar-refractivity contribution in [3.63, 3.8) is 0 Å². The first-order valence-corrected chi connectivity index (χ1v) is 10.8. The molecule has 3 aliphatic rings. The van der Waals surface area contributed by atoms with Crippen molar-refractivity contribution in [1.82, 2.24) is 19.6 Å². The number of hydrogen-bond donors (Lipinski definition) is 1. The third kappa shape index (κ3) is 4.21. The predicted molar refractivity (Wildman–Crippen MR) is 104 cm³/mol. The van der Waals surface area contributed by atoms with Crippen LogP contribution in [-0.4, -0.2) is 69.4 Å². The lowest BCUT2D eigenvalue weighted by atomic mass is 9.71. The van der Waals surface area contributed by atoms with E-state index in [1.165, 1.54) is 19.3 Å². The summed E-state index contributed by atoms with van der Waals surface area (Å²) in [4.78, 5) is 17.6. The number of hydrogen-bond acceptors (Lipinski definition) is 4. The number of likely N-dealkylation sites (tertiary alicyclic amines) is 2. The fraction of sp³-hybridized carbons (Fsp3) is 0.810. The molecule has 6 nitrogen and oxygen atoms in total. The fourth-order valence-electron chi connectivity index (χ4n) is 5.47. The fourth-order valence-corrected chi connectivity index (χ4v) is 5.47. The number of piperidine rings is 2. The molecule has 2 aliphatic heterocycles. The molecule has 2 saturated heterocycles. The molecule has 27 heavy (non-hydrogen) atoms. The molecule has 0 unspecified atom stereocenters. The topological polar surface area (TPSA) is 61.6 Å². The van der Waals surface area contributed by atoms with Gasteiger partial charge in [-0.05, 0) is 38.2 Å². The van der Waals surface area contributed by atoms with Gasteiger partial charge in [-0.3, -0.25) is 9.48 Å². The number of rotatable bonds is 4. The molecule has 2 atom stereocenters. The highest BCUT2D eigenvalue weighted by atomic mass is 16.3. The van der Waals surface area contributed by atoms with Crippen LogP contribution in [0.4, 0.5) is 0 Å². The molecule has 0 bridgehead atoms. The lowest BCUT2D eigenvalue weighted by molar-refractivity contribution is -0.146. The molecule has 1 saturated carbocycles. The van der Waals surface area contributed by atoms with Gasteiger partial charge in [-0.1, -0.05) is 19.3 Å². The van der Waals surface area contributed by atoms with Gasteiger partial charge in [-0.15, -0.1) is 0 Å². The number of aromatic nitrogens is 2. The summed E-state index contributed by atoms with van der Waals surface area (Å²) >= 11 is 0. The minimum absolute atomic E-state index is 0.148. The smallest absolute Gasteiger partial charge is 0.225 e. The van der Waals surface area contributed by atoms with E-state index in [9.17, 15) is 9.90 Å². The molecular weight excluding hydrogens is 340 g/mol. The van der Waals surface area contributed by atoms with Crippen LogP contribution in [0.25, 0.3) is 0 Å². The van der Waals surface area contributed by atoms with Crippen LogP contribution >= 0.6 is 0 Å². The molecule has 1 spiro atoms. The monoisotopic (exact) mass is 374 g/mol. The van der Waals surface area contributed by atoms with E-state index in [1.54, 1.807) is 0 Å². The van der Waals surface area contributed by atoms with E-state index in [-0.39, 0.29) is 17.4 Å². The highest BCUT2D eigenvalue weighted by molar-refractivity contribution is 5.79. The Morgan fingerprint density at radius 3 is 2.70 bits per heavy atom. The van der Waals surface area contributed by atoms with Gasteiger partial charge in [0.2, 0.25) is 5.91 Å². The molecule has 1 aromatic heterocycles. The van der Waals surface area contributed by atoms with E-state index in [0.29, 0.717) is 5.91 Å². The molecule has 1 aromatic rings. The Balaban J connectivity index is 1.39. The second-order valence-electron chi connectivity index (χ2n) is 8.91. The first kappa shape index (κ1) is 18.9. The van der Waals surface area contributed by atoms with E-state index in [2.05, 4.69) is 14.9 Å². The number of carbonyl (C=O) groups excluding carboxylic acids is 1. The number of aliphatic hydroxyl groups is 1. The zero-order chi connectivity index (χ0) is 18.7. The molecule has 1 aliphatic carbocycles. The summed E-state index contributed by atoms with van der Waals surface area (Å²) in [5, 5.41) is 15.2. The maximum absolute atomic E-state index is 13.1. The number of amides is 1. The van der Waals surface area contributed by atoms with Gasteiger partial charge >= 0.3 is 0 Å². The summed E-state index contributed by atoms with van der Waals surface area (Å²) in [6.45, 7) is 5.26. The van der Waals surface area contributed by atoms with E-state index in [1.807, 2.05) is 23.1 Å².